The summed E-state index contributed by atoms with van der Waals surface area (Å²) in [5, 5.41) is 9.73. The van der Waals surface area contributed by atoms with Crippen LogP contribution < -0.4 is 9.47 Å². The van der Waals surface area contributed by atoms with Gasteiger partial charge in [0.15, 0.2) is 0 Å². The number of hydrogen-bond acceptors (Lipinski definition) is 4. The fourth-order valence-corrected chi connectivity index (χ4v) is 2.59. The van der Waals surface area contributed by atoms with E-state index in [1.807, 2.05) is 0 Å². The minimum absolute atomic E-state index is 0.0888. The number of amides is 1. The van der Waals surface area contributed by atoms with Crippen LogP contribution in [-0.2, 0) is 22.6 Å². The van der Waals surface area contributed by atoms with Crippen LogP contribution in [0.15, 0.2) is 42.5 Å². The number of nitrogens with zero attached hydrogens (tertiary/aromatic N) is 1. The van der Waals surface area contributed by atoms with Gasteiger partial charge < -0.3 is 19.5 Å². The number of carboxylic acids is 1. The maximum atomic E-state index is 12.6. The van der Waals surface area contributed by atoms with Crippen LogP contribution >= 0.6 is 11.6 Å². The SMILES string of the molecule is COc1cc(CN(CC(=O)O)C(=O)Cc2ccc(Cl)cc2)cc(OC)c1. The summed E-state index contributed by atoms with van der Waals surface area (Å²) < 4.78 is 10.4. The molecule has 1 amide bonds. The highest BCUT2D eigenvalue weighted by atomic mass is 35.5. The van der Waals surface area contributed by atoms with E-state index in [0.717, 1.165) is 5.56 Å². The number of aliphatic carboxylic acids is 1. The van der Waals surface area contributed by atoms with Crippen LogP contribution in [0.4, 0.5) is 0 Å². The van der Waals surface area contributed by atoms with Gasteiger partial charge in [0.25, 0.3) is 0 Å². The molecule has 0 aliphatic rings. The van der Waals surface area contributed by atoms with Gasteiger partial charge in [-0.05, 0) is 35.4 Å². The van der Waals surface area contributed by atoms with Crippen molar-refractivity contribution in [2.75, 3.05) is 20.8 Å². The summed E-state index contributed by atoms with van der Waals surface area (Å²) in [6, 6.07) is 12.1. The second kappa shape index (κ2) is 9.10. The number of carbonyl (C=O) groups excluding carboxylic acids is 1. The van der Waals surface area contributed by atoms with E-state index in [2.05, 4.69) is 0 Å². The van der Waals surface area contributed by atoms with Crippen LogP contribution in [0.25, 0.3) is 0 Å². The van der Waals surface area contributed by atoms with Gasteiger partial charge in [-0.1, -0.05) is 23.7 Å². The molecule has 0 aromatic heterocycles. The second-order valence-corrected chi connectivity index (χ2v) is 6.10. The van der Waals surface area contributed by atoms with Crippen molar-refractivity contribution in [1.29, 1.82) is 0 Å². The van der Waals surface area contributed by atoms with Gasteiger partial charge in [0.1, 0.15) is 18.0 Å². The Morgan fingerprint density at radius 3 is 2.08 bits per heavy atom. The summed E-state index contributed by atoms with van der Waals surface area (Å²) in [6.07, 6.45) is 0.0888. The largest absolute Gasteiger partial charge is 0.497 e. The molecule has 1 N–H and O–H groups in total. The lowest BCUT2D eigenvalue weighted by Gasteiger charge is -2.21. The van der Waals surface area contributed by atoms with Crippen LogP contribution in [0.1, 0.15) is 11.1 Å². The van der Waals surface area contributed by atoms with E-state index in [1.165, 1.54) is 19.1 Å². The molecule has 0 radical (unpaired) electrons. The zero-order chi connectivity index (χ0) is 19.1. The van der Waals surface area contributed by atoms with Crippen LogP contribution in [0.3, 0.4) is 0 Å². The van der Waals surface area contributed by atoms with Crippen molar-refractivity contribution in [3.8, 4) is 11.5 Å². The molecule has 0 aliphatic heterocycles. The Morgan fingerprint density at radius 1 is 1.00 bits per heavy atom. The Labute approximate surface area is 156 Å². The molecule has 0 heterocycles. The van der Waals surface area contributed by atoms with Gasteiger partial charge in [-0.2, -0.15) is 0 Å². The van der Waals surface area contributed by atoms with Gasteiger partial charge in [-0.25, -0.2) is 0 Å². The van der Waals surface area contributed by atoms with Gasteiger partial charge in [-0.3, -0.25) is 9.59 Å². The van der Waals surface area contributed by atoms with E-state index < -0.39 is 12.5 Å². The molecule has 0 bridgehead atoms. The first-order valence-corrected chi connectivity index (χ1v) is 8.25. The Morgan fingerprint density at radius 2 is 1.58 bits per heavy atom. The third kappa shape index (κ3) is 5.67. The van der Waals surface area contributed by atoms with Gasteiger partial charge in [0, 0.05) is 17.6 Å². The summed E-state index contributed by atoms with van der Waals surface area (Å²) >= 11 is 5.85. The highest BCUT2D eigenvalue weighted by Gasteiger charge is 2.18. The molecule has 0 spiro atoms. The molecule has 6 nitrogen and oxygen atoms in total. The number of benzene rings is 2. The predicted octanol–water partition coefficient (Wildman–Crippen LogP) is 3.01. The number of hydrogen-bond donors (Lipinski definition) is 1. The summed E-state index contributed by atoms with van der Waals surface area (Å²) in [6.45, 7) is -0.266. The zero-order valence-electron chi connectivity index (χ0n) is 14.6. The lowest BCUT2D eigenvalue weighted by Crippen LogP contribution is -2.36. The predicted molar refractivity (Wildman–Crippen MR) is 97.8 cm³/mol. The fourth-order valence-electron chi connectivity index (χ4n) is 2.46. The van der Waals surface area contributed by atoms with Gasteiger partial charge >= 0.3 is 5.97 Å². The number of carboxylic acid groups (broad SMARTS) is 1. The molecule has 0 saturated carbocycles. The Bertz CT molecular complexity index is 754. The topological polar surface area (TPSA) is 76.1 Å². The highest BCUT2D eigenvalue weighted by molar-refractivity contribution is 6.30. The average Bonchev–Trinajstić information content (AvgIpc) is 2.62. The number of ether oxygens (including phenoxy) is 2. The lowest BCUT2D eigenvalue weighted by molar-refractivity contribution is -0.144. The van der Waals surface area contributed by atoms with Crippen molar-refractivity contribution in [2.45, 2.75) is 13.0 Å². The van der Waals surface area contributed by atoms with E-state index in [9.17, 15) is 9.59 Å². The monoisotopic (exact) mass is 377 g/mol. The molecular weight excluding hydrogens is 358 g/mol. The number of methoxy groups -OCH3 is 2. The first kappa shape index (κ1) is 19.6. The van der Waals surface area contributed by atoms with Crippen molar-refractivity contribution in [2.24, 2.45) is 0 Å². The second-order valence-electron chi connectivity index (χ2n) is 5.67. The van der Waals surface area contributed by atoms with Crippen molar-refractivity contribution in [1.82, 2.24) is 4.90 Å². The van der Waals surface area contributed by atoms with Crippen molar-refractivity contribution >= 4 is 23.5 Å². The Kier molecular flexibility index (Phi) is 6.86. The lowest BCUT2D eigenvalue weighted by atomic mass is 10.1. The van der Waals surface area contributed by atoms with Gasteiger partial charge in [0.05, 0.1) is 20.6 Å². The minimum Gasteiger partial charge on any atom is -0.497 e. The van der Waals surface area contributed by atoms with E-state index in [-0.39, 0.29) is 18.9 Å². The zero-order valence-corrected chi connectivity index (χ0v) is 15.3. The quantitative estimate of drug-likeness (QED) is 0.765. The molecule has 0 fully saturated rings. The summed E-state index contributed by atoms with van der Waals surface area (Å²) in [7, 11) is 3.05. The Balaban J connectivity index is 2.19. The van der Waals surface area contributed by atoms with Crippen molar-refractivity contribution in [3.63, 3.8) is 0 Å². The average molecular weight is 378 g/mol. The summed E-state index contributed by atoms with van der Waals surface area (Å²) in [5.74, 6) is -0.236. The molecule has 0 aliphatic carbocycles. The molecule has 2 aromatic carbocycles. The maximum absolute atomic E-state index is 12.6. The van der Waals surface area contributed by atoms with E-state index in [0.29, 0.717) is 22.1 Å². The van der Waals surface area contributed by atoms with Gasteiger partial charge in [-0.15, -0.1) is 0 Å². The minimum atomic E-state index is -1.08. The molecule has 138 valence electrons. The molecule has 0 unspecified atom stereocenters. The number of halogens is 1. The molecule has 26 heavy (non-hydrogen) atoms. The van der Waals surface area contributed by atoms with Crippen molar-refractivity contribution in [3.05, 3.63) is 58.6 Å². The first-order chi connectivity index (χ1) is 12.4. The molecule has 0 atom stereocenters. The smallest absolute Gasteiger partial charge is 0.323 e. The molecular formula is C19H20ClNO5. The molecule has 0 saturated heterocycles. The van der Waals surface area contributed by atoms with Gasteiger partial charge in [0.2, 0.25) is 5.91 Å². The Hall–Kier alpha value is -2.73. The van der Waals surface area contributed by atoms with Crippen LogP contribution in [0.5, 0.6) is 11.5 Å². The summed E-state index contributed by atoms with van der Waals surface area (Å²) in [4.78, 5) is 25.1. The van der Waals surface area contributed by atoms with E-state index >= 15 is 0 Å². The third-order valence-electron chi connectivity index (χ3n) is 3.73. The maximum Gasteiger partial charge on any atom is 0.323 e. The van der Waals surface area contributed by atoms with Crippen LogP contribution in [-0.4, -0.2) is 42.6 Å². The molecule has 2 aromatic rings. The van der Waals surface area contributed by atoms with E-state index in [1.54, 1.807) is 42.5 Å². The van der Waals surface area contributed by atoms with E-state index in [4.69, 9.17) is 26.2 Å². The normalized spacial score (nSPS) is 10.3. The van der Waals surface area contributed by atoms with Crippen molar-refractivity contribution < 1.29 is 24.2 Å². The summed E-state index contributed by atoms with van der Waals surface area (Å²) in [5.41, 5.74) is 1.48. The third-order valence-corrected chi connectivity index (χ3v) is 3.98. The van der Waals surface area contributed by atoms with Crippen LogP contribution in [0, 0.1) is 0 Å². The fraction of sp³-hybridized carbons (Fsp3) is 0.263. The molecule has 2 rings (SSSR count). The number of rotatable bonds is 8. The number of carbonyl (C=O) groups is 2. The highest BCUT2D eigenvalue weighted by Crippen LogP contribution is 2.23. The molecule has 7 heteroatoms. The van der Waals surface area contributed by atoms with Crippen LogP contribution in [0.2, 0.25) is 5.02 Å². The standard InChI is InChI=1S/C19H20ClNO5/c1-25-16-7-14(8-17(10-16)26-2)11-21(12-19(23)24)18(22)9-13-3-5-15(20)6-4-13/h3-8,10H,9,11-12H2,1-2H3,(H,23,24). The first-order valence-electron chi connectivity index (χ1n) is 7.87.